The van der Waals surface area contributed by atoms with Crippen molar-refractivity contribution in [1.82, 2.24) is 5.32 Å². The molecule has 1 N–H and O–H groups in total. The minimum Gasteiger partial charge on any atom is -0.459 e. The monoisotopic (exact) mass is 253 g/mol. The molecule has 0 unspecified atom stereocenters. The predicted octanol–water partition coefficient (Wildman–Crippen LogP) is 3.77. The summed E-state index contributed by atoms with van der Waals surface area (Å²) < 4.78 is 32.5. The topological polar surface area (TPSA) is 25.2 Å². The van der Waals surface area contributed by atoms with Crippen LogP contribution in [0.1, 0.15) is 32.1 Å². The van der Waals surface area contributed by atoms with Crippen LogP contribution in [0.2, 0.25) is 0 Å². The highest BCUT2D eigenvalue weighted by molar-refractivity contribution is 5.83. The molecule has 0 saturated heterocycles. The summed E-state index contributed by atoms with van der Waals surface area (Å²) in [6.45, 7) is 6.51. The van der Waals surface area contributed by atoms with Gasteiger partial charge in [0, 0.05) is 23.7 Å². The Bertz CT molecular complexity index is 560. The maximum absolute atomic E-state index is 13.8. The van der Waals surface area contributed by atoms with Gasteiger partial charge in [0.15, 0.2) is 0 Å². The average molecular weight is 253 g/mol. The molecule has 0 spiro atoms. The fourth-order valence-corrected chi connectivity index (χ4v) is 2.07. The maximum atomic E-state index is 13.8. The van der Waals surface area contributed by atoms with Crippen molar-refractivity contribution >= 4 is 11.0 Å². The molecule has 2 rings (SSSR count). The van der Waals surface area contributed by atoms with E-state index in [2.05, 4.69) is 5.32 Å². The molecule has 0 aliphatic rings. The van der Waals surface area contributed by atoms with Crippen LogP contribution in [0, 0.1) is 11.6 Å². The van der Waals surface area contributed by atoms with Gasteiger partial charge in [-0.1, -0.05) is 20.8 Å². The zero-order valence-corrected chi connectivity index (χ0v) is 10.8. The Hall–Kier alpha value is -1.42. The Labute approximate surface area is 105 Å². The SMILES string of the molecule is CCc1c(CNC(C)C)oc2cc(F)cc(F)c12. The van der Waals surface area contributed by atoms with Gasteiger partial charge in [0.25, 0.3) is 0 Å². The highest BCUT2D eigenvalue weighted by Crippen LogP contribution is 2.29. The molecular formula is C14H17F2NO. The average Bonchev–Trinajstić information content (AvgIpc) is 2.63. The number of nitrogens with one attached hydrogen (secondary N) is 1. The van der Waals surface area contributed by atoms with Crippen molar-refractivity contribution < 1.29 is 13.2 Å². The van der Waals surface area contributed by atoms with E-state index in [0.717, 1.165) is 11.6 Å². The minimum absolute atomic E-state index is 0.282. The Kier molecular flexibility index (Phi) is 3.66. The van der Waals surface area contributed by atoms with Gasteiger partial charge in [0.2, 0.25) is 0 Å². The summed E-state index contributed by atoms with van der Waals surface area (Å²) in [6, 6.07) is 2.44. The summed E-state index contributed by atoms with van der Waals surface area (Å²) in [4.78, 5) is 0. The number of furan rings is 1. The van der Waals surface area contributed by atoms with Crippen LogP contribution in [0.5, 0.6) is 0 Å². The molecule has 0 fully saturated rings. The van der Waals surface area contributed by atoms with Crippen molar-refractivity contribution in [2.45, 2.75) is 39.8 Å². The summed E-state index contributed by atoms with van der Waals surface area (Å²) in [5.41, 5.74) is 1.10. The van der Waals surface area contributed by atoms with Gasteiger partial charge in [-0.15, -0.1) is 0 Å². The van der Waals surface area contributed by atoms with Crippen molar-refractivity contribution in [2.24, 2.45) is 0 Å². The number of rotatable bonds is 4. The molecule has 0 aliphatic heterocycles. The van der Waals surface area contributed by atoms with Gasteiger partial charge >= 0.3 is 0 Å². The van der Waals surface area contributed by atoms with Crippen LogP contribution >= 0.6 is 0 Å². The molecule has 0 atom stereocenters. The van der Waals surface area contributed by atoms with Crippen LogP contribution < -0.4 is 5.32 Å². The lowest BCUT2D eigenvalue weighted by Gasteiger charge is -2.06. The molecule has 0 aliphatic carbocycles. The molecule has 0 radical (unpaired) electrons. The van der Waals surface area contributed by atoms with Crippen LogP contribution in [-0.2, 0) is 13.0 Å². The molecule has 1 aromatic carbocycles. The zero-order chi connectivity index (χ0) is 13.3. The van der Waals surface area contributed by atoms with Gasteiger partial charge in [-0.25, -0.2) is 8.78 Å². The van der Waals surface area contributed by atoms with Gasteiger partial charge in [0.05, 0.1) is 11.9 Å². The van der Waals surface area contributed by atoms with E-state index in [0.29, 0.717) is 30.2 Å². The maximum Gasteiger partial charge on any atom is 0.140 e. The lowest BCUT2D eigenvalue weighted by Crippen LogP contribution is -2.22. The lowest BCUT2D eigenvalue weighted by atomic mass is 10.1. The second-order valence-corrected chi connectivity index (χ2v) is 4.65. The third-order valence-electron chi connectivity index (χ3n) is 2.91. The lowest BCUT2D eigenvalue weighted by molar-refractivity contribution is 0.482. The number of hydrogen-bond donors (Lipinski definition) is 1. The number of aryl methyl sites for hydroxylation is 1. The zero-order valence-electron chi connectivity index (χ0n) is 10.8. The van der Waals surface area contributed by atoms with Crippen LogP contribution in [0.15, 0.2) is 16.5 Å². The van der Waals surface area contributed by atoms with Crippen molar-refractivity contribution in [3.63, 3.8) is 0 Å². The molecule has 4 heteroatoms. The molecule has 2 aromatic rings. The van der Waals surface area contributed by atoms with Crippen LogP contribution in [0.4, 0.5) is 8.78 Å². The summed E-state index contributed by atoms with van der Waals surface area (Å²) in [6.07, 6.45) is 0.657. The molecule has 1 aromatic heterocycles. The Balaban J connectivity index is 2.50. The van der Waals surface area contributed by atoms with E-state index in [4.69, 9.17) is 4.42 Å². The third kappa shape index (κ3) is 2.38. The first kappa shape index (κ1) is 13.0. The summed E-state index contributed by atoms with van der Waals surface area (Å²) >= 11 is 0. The number of halogens is 2. The van der Waals surface area contributed by atoms with Gasteiger partial charge < -0.3 is 9.73 Å². The molecule has 98 valence electrons. The third-order valence-corrected chi connectivity index (χ3v) is 2.91. The highest BCUT2D eigenvalue weighted by atomic mass is 19.1. The van der Waals surface area contributed by atoms with E-state index in [1.165, 1.54) is 6.07 Å². The highest BCUT2D eigenvalue weighted by Gasteiger charge is 2.17. The van der Waals surface area contributed by atoms with Crippen molar-refractivity contribution in [1.29, 1.82) is 0 Å². The summed E-state index contributed by atoms with van der Waals surface area (Å²) in [7, 11) is 0. The fourth-order valence-electron chi connectivity index (χ4n) is 2.07. The van der Waals surface area contributed by atoms with E-state index in [9.17, 15) is 8.78 Å². The fraction of sp³-hybridized carbons (Fsp3) is 0.429. The van der Waals surface area contributed by atoms with E-state index in [1.807, 2.05) is 20.8 Å². The smallest absolute Gasteiger partial charge is 0.140 e. The largest absolute Gasteiger partial charge is 0.459 e. The van der Waals surface area contributed by atoms with Gasteiger partial charge in [-0.2, -0.15) is 0 Å². The van der Waals surface area contributed by atoms with E-state index < -0.39 is 11.6 Å². The minimum atomic E-state index is -0.611. The van der Waals surface area contributed by atoms with E-state index in [-0.39, 0.29) is 5.58 Å². The first-order valence-electron chi connectivity index (χ1n) is 6.15. The van der Waals surface area contributed by atoms with Gasteiger partial charge in [-0.05, 0) is 6.42 Å². The number of hydrogen-bond acceptors (Lipinski definition) is 2. The molecule has 0 bridgehead atoms. The quantitative estimate of drug-likeness (QED) is 0.897. The van der Waals surface area contributed by atoms with Gasteiger partial charge in [-0.3, -0.25) is 0 Å². The second-order valence-electron chi connectivity index (χ2n) is 4.65. The Morgan fingerprint density at radius 3 is 2.61 bits per heavy atom. The van der Waals surface area contributed by atoms with Crippen molar-refractivity contribution in [3.8, 4) is 0 Å². The number of fused-ring (bicyclic) bond motifs is 1. The van der Waals surface area contributed by atoms with E-state index in [1.54, 1.807) is 0 Å². The molecular weight excluding hydrogens is 236 g/mol. The molecule has 1 heterocycles. The van der Waals surface area contributed by atoms with Crippen LogP contribution in [-0.4, -0.2) is 6.04 Å². The van der Waals surface area contributed by atoms with Gasteiger partial charge in [0.1, 0.15) is 23.0 Å². The Morgan fingerprint density at radius 2 is 2.00 bits per heavy atom. The summed E-state index contributed by atoms with van der Waals surface area (Å²) in [5, 5.41) is 3.62. The van der Waals surface area contributed by atoms with E-state index >= 15 is 0 Å². The first-order chi connectivity index (χ1) is 8.52. The number of benzene rings is 1. The van der Waals surface area contributed by atoms with Crippen molar-refractivity contribution in [3.05, 3.63) is 35.1 Å². The summed E-state index contributed by atoms with van der Waals surface area (Å²) in [5.74, 6) is -0.480. The van der Waals surface area contributed by atoms with Crippen LogP contribution in [0.3, 0.4) is 0 Å². The molecule has 0 amide bonds. The van der Waals surface area contributed by atoms with Crippen LogP contribution in [0.25, 0.3) is 11.0 Å². The Morgan fingerprint density at radius 1 is 1.28 bits per heavy atom. The molecule has 2 nitrogen and oxygen atoms in total. The standard InChI is InChI=1S/C14H17F2NO/c1-4-10-13(7-17-8(2)3)18-12-6-9(15)5-11(16)14(10)12/h5-6,8,17H,4,7H2,1-3H3. The first-order valence-corrected chi connectivity index (χ1v) is 6.15. The normalized spacial score (nSPS) is 11.7. The predicted molar refractivity (Wildman–Crippen MR) is 67.5 cm³/mol. The van der Waals surface area contributed by atoms with Crippen molar-refractivity contribution in [2.75, 3.05) is 0 Å². The molecule has 0 saturated carbocycles. The molecule has 18 heavy (non-hydrogen) atoms. The second kappa shape index (κ2) is 5.06.